The molecule has 6 heteroatoms. The van der Waals surface area contributed by atoms with Gasteiger partial charge in [-0.15, -0.1) is 0 Å². The Morgan fingerprint density at radius 1 is 1.47 bits per heavy atom. The van der Waals surface area contributed by atoms with Crippen LogP contribution < -0.4 is 15.8 Å². The number of anilines is 1. The molecule has 6 nitrogen and oxygen atoms in total. The Morgan fingerprint density at radius 2 is 2.32 bits per heavy atom. The van der Waals surface area contributed by atoms with Crippen molar-refractivity contribution in [2.24, 2.45) is 0 Å². The van der Waals surface area contributed by atoms with Gasteiger partial charge in [-0.3, -0.25) is 9.89 Å². The molecule has 4 N–H and O–H groups in total. The summed E-state index contributed by atoms with van der Waals surface area (Å²) in [5.74, 6) is 0.563. The van der Waals surface area contributed by atoms with Crippen molar-refractivity contribution in [2.75, 3.05) is 12.3 Å². The van der Waals surface area contributed by atoms with Gasteiger partial charge in [0.1, 0.15) is 11.4 Å². The first-order valence-electron chi connectivity index (χ1n) is 6.07. The number of fused-ring (bicyclic) bond motifs is 1. The quantitative estimate of drug-likeness (QED) is 0.755. The number of benzene rings is 1. The predicted molar refractivity (Wildman–Crippen MR) is 69.8 cm³/mol. The third-order valence-electron chi connectivity index (χ3n) is 3.16. The number of nitrogens with one attached hydrogen (secondary N) is 2. The van der Waals surface area contributed by atoms with E-state index in [1.165, 1.54) is 6.20 Å². The van der Waals surface area contributed by atoms with Crippen LogP contribution in [-0.4, -0.2) is 22.7 Å². The third-order valence-corrected chi connectivity index (χ3v) is 3.16. The minimum absolute atomic E-state index is 0.0693. The zero-order valence-electron chi connectivity index (χ0n) is 10.2. The van der Waals surface area contributed by atoms with Crippen LogP contribution in [-0.2, 0) is 0 Å². The van der Waals surface area contributed by atoms with Gasteiger partial charge in [-0.05, 0) is 6.07 Å². The first kappa shape index (κ1) is 11.6. The van der Waals surface area contributed by atoms with Gasteiger partial charge in [0, 0.05) is 12.0 Å². The number of amides is 1. The van der Waals surface area contributed by atoms with Gasteiger partial charge < -0.3 is 15.8 Å². The smallest absolute Gasteiger partial charge is 0.271 e. The number of rotatable bonds is 2. The molecule has 0 aliphatic carbocycles. The number of para-hydroxylation sites is 1. The molecular formula is C13H14N4O2. The zero-order chi connectivity index (χ0) is 13.2. The van der Waals surface area contributed by atoms with Gasteiger partial charge in [-0.2, -0.15) is 5.10 Å². The van der Waals surface area contributed by atoms with E-state index >= 15 is 0 Å². The minimum atomic E-state index is -0.253. The molecule has 3 rings (SSSR count). The summed E-state index contributed by atoms with van der Waals surface area (Å²) in [6.45, 7) is 0.584. The van der Waals surface area contributed by atoms with Gasteiger partial charge in [-0.1, -0.05) is 18.2 Å². The van der Waals surface area contributed by atoms with Crippen LogP contribution in [0.1, 0.15) is 28.5 Å². The highest BCUT2D eigenvalue weighted by atomic mass is 16.5. The van der Waals surface area contributed by atoms with Crippen molar-refractivity contribution in [1.82, 2.24) is 15.5 Å². The number of hydrogen-bond acceptors (Lipinski definition) is 4. The Bertz CT molecular complexity index is 608. The number of nitrogens with zero attached hydrogens (tertiary/aromatic N) is 1. The maximum absolute atomic E-state index is 12.1. The fourth-order valence-electron chi connectivity index (χ4n) is 2.20. The molecule has 0 saturated carbocycles. The van der Waals surface area contributed by atoms with Crippen LogP contribution >= 0.6 is 0 Å². The van der Waals surface area contributed by atoms with Gasteiger partial charge in [0.05, 0.1) is 24.5 Å². The van der Waals surface area contributed by atoms with Crippen LogP contribution in [0.25, 0.3) is 0 Å². The van der Waals surface area contributed by atoms with Crippen LogP contribution in [0, 0.1) is 0 Å². The van der Waals surface area contributed by atoms with E-state index in [1.807, 2.05) is 24.3 Å². The second-order valence-electron chi connectivity index (χ2n) is 4.40. The molecule has 98 valence electrons. The number of aromatic nitrogens is 2. The standard InChI is InChI=1S/C13H14N4O2/c14-9-7-15-17-12(9)13(18)16-10-5-6-19-11-4-2-1-3-8(10)11/h1-4,7,10H,5-6,14H2,(H,15,17)(H,16,18). The normalized spacial score (nSPS) is 17.4. The molecule has 0 spiro atoms. The van der Waals surface area contributed by atoms with Crippen LogP contribution in [0.15, 0.2) is 30.5 Å². The zero-order valence-corrected chi connectivity index (χ0v) is 10.2. The second-order valence-corrected chi connectivity index (χ2v) is 4.40. The number of H-pyrrole nitrogens is 1. The molecule has 1 unspecified atom stereocenters. The Labute approximate surface area is 110 Å². The van der Waals surface area contributed by atoms with E-state index in [-0.39, 0.29) is 11.9 Å². The summed E-state index contributed by atoms with van der Waals surface area (Å²) in [6.07, 6.45) is 2.16. The Hall–Kier alpha value is -2.50. The van der Waals surface area contributed by atoms with Gasteiger partial charge in [-0.25, -0.2) is 0 Å². The molecular weight excluding hydrogens is 244 g/mol. The molecule has 2 heterocycles. The highest BCUT2D eigenvalue weighted by molar-refractivity contribution is 5.97. The third kappa shape index (κ3) is 2.12. The molecule has 1 aliphatic rings. The van der Waals surface area contributed by atoms with Gasteiger partial charge in [0.25, 0.3) is 5.91 Å². The molecule has 1 aromatic carbocycles. The van der Waals surface area contributed by atoms with Crippen LogP contribution in [0.5, 0.6) is 5.75 Å². The van der Waals surface area contributed by atoms with Crippen molar-refractivity contribution in [3.63, 3.8) is 0 Å². The number of hydrogen-bond donors (Lipinski definition) is 3. The minimum Gasteiger partial charge on any atom is -0.493 e. The van der Waals surface area contributed by atoms with E-state index in [2.05, 4.69) is 15.5 Å². The summed E-state index contributed by atoms with van der Waals surface area (Å²) in [5, 5.41) is 9.29. The molecule has 2 aromatic rings. The molecule has 19 heavy (non-hydrogen) atoms. The number of ether oxygens (including phenoxy) is 1. The molecule has 1 aromatic heterocycles. The largest absolute Gasteiger partial charge is 0.493 e. The van der Waals surface area contributed by atoms with Crippen molar-refractivity contribution < 1.29 is 9.53 Å². The fourth-order valence-corrected chi connectivity index (χ4v) is 2.20. The molecule has 1 aliphatic heterocycles. The van der Waals surface area contributed by atoms with E-state index in [4.69, 9.17) is 10.5 Å². The van der Waals surface area contributed by atoms with Crippen molar-refractivity contribution >= 4 is 11.6 Å². The number of aromatic amines is 1. The Balaban J connectivity index is 1.82. The van der Waals surface area contributed by atoms with E-state index in [9.17, 15) is 4.79 Å². The van der Waals surface area contributed by atoms with E-state index in [1.54, 1.807) is 0 Å². The average molecular weight is 258 g/mol. The van der Waals surface area contributed by atoms with Crippen LogP contribution in [0.4, 0.5) is 5.69 Å². The Morgan fingerprint density at radius 3 is 3.11 bits per heavy atom. The number of nitrogens with two attached hydrogens (primary N) is 1. The number of carbonyl (C=O) groups excluding carboxylic acids is 1. The lowest BCUT2D eigenvalue weighted by Gasteiger charge is -2.26. The van der Waals surface area contributed by atoms with Crippen molar-refractivity contribution in [2.45, 2.75) is 12.5 Å². The van der Waals surface area contributed by atoms with Crippen LogP contribution in [0.3, 0.4) is 0 Å². The topological polar surface area (TPSA) is 93.0 Å². The molecule has 0 bridgehead atoms. The van der Waals surface area contributed by atoms with Gasteiger partial charge in [0.15, 0.2) is 0 Å². The lowest BCUT2D eigenvalue weighted by atomic mass is 10.0. The molecule has 1 atom stereocenters. The number of carbonyl (C=O) groups is 1. The summed E-state index contributed by atoms with van der Waals surface area (Å²) >= 11 is 0. The summed E-state index contributed by atoms with van der Waals surface area (Å²) in [7, 11) is 0. The van der Waals surface area contributed by atoms with E-state index in [0.29, 0.717) is 18.0 Å². The summed E-state index contributed by atoms with van der Waals surface area (Å²) < 4.78 is 5.55. The first-order valence-corrected chi connectivity index (χ1v) is 6.07. The Kier molecular flexibility index (Phi) is 2.83. The predicted octanol–water partition coefficient (Wildman–Crippen LogP) is 1.25. The second kappa shape index (κ2) is 4.64. The monoisotopic (exact) mass is 258 g/mol. The molecule has 0 saturated heterocycles. The van der Waals surface area contributed by atoms with Crippen LogP contribution in [0.2, 0.25) is 0 Å². The lowest BCUT2D eigenvalue weighted by molar-refractivity contribution is 0.0920. The van der Waals surface area contributed by atoms with Gasteiger partial charge >= 0.3 is 0 Å². The SMILES string of the molecule is Nc1cn[nH]c1C(=O)NC1CCOc2ccccc21. The highest BCUT2D eigenvalue weighted by Gasteiger charge is 2.24. The fraction of sp³-hybridized carbons (Fsp3) is 0.231. The average Bonchev–Trinajstić information content (AvgIpc) is 2.85. The van der Waals surface area contributed by atoms with E-state index in [0.717, 1.165) is 17.7 Å². The molecule has 0 radical (unpaired) electrons. The van der Waals surface area contributed by atoms with Gasteiger partial charge in [0.2, 0.25) is 0 Å². The van der Waals surface area contributed by atoms with Crippen molar-refractivity contribution in [3.05, 3.63) is 41.7 Å². The maximum atomic E-state index is 12.1. The van der Waals surface area contributed by atoms with Crippen molar-refractivity contribution in [1.29, 1.82) is 0 Å². The lowest BCUT2D eigenvalue weighted by Crippen LogP contribution is -2.32. The summed E-state index contributed by atoms with van der Waals surface area (Å²) in [6, 6.07) is 7.63. The maximum Gasteiger partial charge on any atom is 0.271 e. The molecule has 1 amide bonds. The van der Waals surface area contributed by atoms with E-state index < -0.39 is 0 Å². The summed E-state index contributed by atoms with van der Waals surface area (Å²) in [4.78, 5) is 12.1. The summed E-state index contributed by atoms with van der Waals surface area (Å²) in [5.41, 5.74) is 7.29. The number of nitrogen functional groups attached to an aromatic ring is 1. The molecule has 0 fully saturated rings. The van der Waals surface area contributed by atoms with Crippen molar-refractivity contribution in [3.8, 4) is 5.75 Å². The highest BCUT2D eigenvalue weighted by Crippen LogP contribution is 2.31. The first-order chi connectivity index (χ1) is 9.25.